The molecule has 1 heterocycles. The molecule has 1 aliphatic rings. The molecule has 0 saturated carbocycles. The molecule has 58 valence electrons. The first-order valence-corrected chi connectivity index (χ1v) is 3.58. The minimum Gasteiger partial charge on any atom is -0.294 e. The average molecular weight is 148 g/mol. The van der Waals surface area contributed by atoms with Crippen molar-refractivity contribution in [3.8, 4) is 0 Å². The van der Waals surface area contributed by atoms with Crippen molar-refractivity contribution in [1.29, 1.82) is 0 Å². The predicted molar refractivity (Wildman–Crippen MR) is 49.4 cm³/mol. The normalized spacial score (nSPS) is 18.5. The van der Waals surface area contributed by atoms with Crippen LogP contribution in [0.25, 0.3) is 0 Å². The van der Waals surface area contributed by atoms with Gasteiger partial charge in [0.2, 0.25) is 0 Å². The summed E-state index contributed by atoms with van der Waals surface area (Å²) in [5, 5.41) is 0. The van der Waals surface area contributed by atoms with Gasteiger partial charge in [0.25, 0.3) is 0 Å². The molecule has 0 fully saturated rings. The molecule has 0 spiro atoms. The quantitative estimate of drug-likeness (QED) is 0.508. The van der Waals surface area contributed by atoms with Crippen LogP contribution in [0.1, 0.15) is 13.3 Å². The molecule has 0 aliphatic carbocycles. The fraction of sp³-hybridized carbons (Fsp3) is 0.333. The largest absolute Gasteiger partial charge is 0.294 e. The van der Waals surface area contributed by atoms with E-state index in [1.165, 1.54) is 5.57 Å². The molecular weight excluding hydrogens is 136 g/mol. The molecule has 11 heavy (non-hydrogen) atoms. The Bertz CT molecular complexity index is 257. The molecule has 1 aliphatic heterocycles. The highest BCUT2D eigenvalue weighted by Crippen LogP contribution is 2.14. The summed E-state index contributed by atoms with van der Waals surface area (Å²) in [5.41, 5.74) is 3.21. The van der Waals surface area contributed by atoms with Gasteiger partial charge >= 0.3 is 0 Å². The summed E-state index contributed by atoms with van der Waals surface area (Å²) in [7, 11) is 1.74. The summed E-state index contributed by atoms with van der Waals surface area (Å²) in [6.07, 6.45) is 4.53. The Labute approximate surface area is 67.1 Å². The highest BCUT2D eigenvalue weighted by molar-refractivity contribution is 6.38. The molecule has 1 rings (SSSR count). The maximum absolute atomic E-state index is 4.19. The van der Waals surface area contributed by atoms with E-state index in [1.807, 2.05) is 6.20 Å². The van der Waals surface area contributed by atoms with E-state index in [0.717, 1.165) is 17.7 Å². The van der Waals surface area contributed by atoms with Crippen LogP contribution >= 0.6 is 0 Å². The third-order valence-electron chi connectivity index (χ3n) is 1.53. The molecule has 0 aromatic carbocycles. The van der Waals surface area contributed by atoms with Gasteiger partial charge in [0.15, 0.2) is 0 Å². The second kappa shape index (κ2) is 3.28. The maximum atomic E-state index is 4.19. The van der Waals surface area contributed by atoms with E-state index < -0.39 is 0 Å². The number of hydrogen-bond donors (Lipinski definition) is 0. The van der Waals surface area contributed by atoms with Crippen molar-refractivity contribution in [3.63, 3.8) is 0 Å². The Morgan fingerprint density at radius 3 is 3.00 bits per heavy atom. The van der Waals surface area contributed by atoms with Gasteiger partial charge in [-0.1, -0.05) is 12.2 Å². The van der Waals surface area contributed by atoms with Crippen LogP contribution in [0.3, 0.4) is 0 Å². The Kier molecular flexibility index (Phi) is 2.36. The SMILES string of the molecule is C=C1CC(C)=CN=C1C=NC. The highest BCUT2D eigenvalue weighted by atomic mass is 14.8. The average Bonchev–Trinajstić information content (AvgIpc) is 1.95. The lowest BCUT2D eigenvalue weighted by Crippen LogP contribution is -2.06. The van der Waals surface area contributed by atoms with Crippen molar-refractivity contribution in [2.45, 2.75) is 13.3 Å². The van der Waals surface area contributed by atoms with Crippen molar-refractivity contribution in [2.75, 3.05) is 7.05 Å². The van der Waals surface area contributed by atoms with Gasteiger partial charge in [-0.15, -0.1) is 0 Å². The number of hydrogen-bond acceptors (Lipinski definition) is 2. The Balaban J connectivity index is 2.87. The number of aliphatic imine (C=N–C) groups is 2. The zero-order chi connectivity index (χ0) is 8.27. The van der Waals surface area contributed by atoms with Gasteiger partial charge in [0.05, 0.1) is 5.71 Å². The third-order valence-corrected chi connectivity index (χ3v) is 1.53. The van der Waals surface area contributed by atoms with Crippen LogP contribution in [0.2, 0.25) is 0 Å². The first-order chi connectivity index (χ1) is 5.24. The van der Waals surface area contributed by atoms with Gasteiger partial charge in [-0.25, -0.2) is 0 Å². The molecule has 0 unspecified atom stereocenters. The van der Waals surface area contributed by atoms with Crippen LogP contribution in [0.4, 0.5) is 0 Å². The summed E-state index contributed by atoms with van der Waals surface area (Å²) in [6.45, 7) is 5.95. The first-order valence-electron chi connectivity index (χ1n) is 3.58. The van der Waals surface area contributed by atoms with Crippen LogP contribution in [0.5, 0.6) is 0 Å². The minimum atomic E-state index is 0.901. The summed E-state index contributed by atoms with van der Waals surface area (Å²) in [5.74, 6) is 0. The summed E-state index contributed by atoms with van der Waals surface area (Å²) < 4.78 is 0. The van der Waals surface area contributed by atoms with Crippen LogP contribution in [0, 0.1) is 0 Å². The smallest absolute Gasteiger partial charge is 0.0836 e. The highest BCUT2D eigenvalue weighted by Gasteiger charge is 2.06. The Morgan fingerprint density at radius 1 is 1.73 bits per heavy atom. The summed E-state index contributed by atoms with van der Waals surface area (Å²) >= 11 is 0. The number of nitrogens with zero attached hydrogens (tertiary/aromatic N) is 2. The summed E-state index contributed by atoms with van der Waals surface area (Å²) in [4.78, 5) is 8.08. The standard InChI is InChI=1S/C9H12N2/c1-7-4-8(2)9(6-10-3)11-5-7/h5-6H,2,4H2,1,3H3. The van der Waals surface area contributed by atoms with Crippen molar-refractivity contribution in [3.05, 3.63) is 23.9 Å². The molecule has 0 amide bonds. The summed E-state index contributed by atoms with van der Waals surface area (Å²) in [6, 6.07) is 0. The lowest BCUT2D eigenvalue weighted by molar-refractivity contribution is 1.13. The maximum Gasteiger partial charge on any atom is 0.0836 e. The van der Waals surface area contributed by atoms with Gasteiger partial charge in [-0.2, -0.15) is 0 Å². The second-order valence-electron chi connectivity index (χ2n) is 2.66. The van der Waals surface area contributed by atoms with E-state index in [1.54, 1.807) is 13.3 Å². The van der Waals surface area contributed by atoms with E-state index in [2.05, 4.69) is 23.5 Å². The predicted octanol–water partition coefficient (Wildman–Crippen LogP) is 1.99. The number of allylic oxidation sites excluding steroid dienone is 2. The fourth-order valence-electron chi connectivity index (χ4n) is 0.991. The molecular formula is C9H12N2. The van der Waals surface area contributed by atoms with Gasteiger partial charge in [-0.05, 0) is 18.9 Å². The van der Waals surface area contributed by atoms with E-state index in [0.29, 0.717) is 0 Å². The second-order valence-corrected chi connectivity index (χ2v) is 2.66. The van der Waals surface area contributed by atoms with Crippen LogP contribution in [0.15, 0.2) is 33.9 Å². The third kappa shape index (κ3) is 1.87. The topological polar surface area (TPSA) is 24.7 Å². The first kappa shape index (κ1) is 7.92. The van der Waals surface area contributed by atoms with Crippen molar-refractivity contribution in [2.24, 2.45) is 9.98 Å². The lowest BCUT2D eigenvalue weighted by Gasteiger charge is -2.09. The molecule has 0 atom stereocenters. The van der Waals surface area contributed by atoms with Gasteiger partial charge in [-0.3, -0.25) is 9.98 Å². The zero-order valence-electron chi connectivity index (χ0n) is 6.96. The lowest BCUT2D eigenvalue weighted by atomic mass is 10.0. The number of rotatable bonds is 1. The fourth-order valence-corrected chi connectivity index (χ4v) is 0.991. The van der Waals surface area contributed by atoms with E-state index in [-0.39, 0.29) is 0 Å². The van der Waals surface area contributed by atoms with Gasteiger partial charge in [0, 0.05) is 19.5 Å². The van der Waals surface area contributed by atoms with Crippen molar-refractivity contribution < 1.29 is 0 Å². The molecule has 0 N–H and O–H groups in total. The molecule has 2 nitrogen and oxygen atoms in total. The Hall–Kier alpha value is -1.18. The molecule has 0 saturated heterocycles. The van der Waals surface area contributed by atoms with Gasteiger partial charge < -0.3 is 0 Å². The monoisotopic (exact) mass is 148 g/mol. The zero-order valence-corrected chi connectivity index (χ0v) is 6.96. The molecule has 0 bridgehead atoms. The van der Waals surface area contributed by atoms with Gasteiger partial charge in [0.1, 0.15) is 0 Å². The molecule has 0 aromatic rings. The minimum absolute atomic E-state index is 0.901. The Morgan fingerprint density at radius 2 is 2.45 bits per heavy atom. The van der Waals surface area contributed by atoms with E-state index >= 15 is 0 Å². The van der Waals surface area contributed by atoms with E-state index in [9.17, 15) is 0 Å². The molecule has 0 radical (unpaired) electrons. The molecule has 2 heteroatoms. The van der Waals surface area contributed by atoms with Crippen LogP contribution in [-0.4, -0.2) is 19.0 Å². The van der Waals surface area contributed by atoms with Crippen LogP contribution in [-0.2, 0) is 0 Å². The van der Waals surface area contributed by atoms with Crippen LogP contribution < -0.4 is 0 Å². The van der Waals surface area contributed by atoms with Crippen molar-refractivity contribution in [1.82, 2.24) is 0 Å². The molecule has 0 aromatic heterocycles. The van der Waals surface area contributed by atoms with E-state index in [4.69, 9.17) is 0 Å². The van der Waals surface area contributed by atoms with Crippen molar-refractivity contribution >= 4 is 11.9 Å².